The molecule has 0 bridgehead atoms. The third-order valence-electron chi connectivity index (χ3n) is 2.74. The van der Waals surface area contributed by atoms with Crippen molar-refractivity contribution in [3.63, 3.8) is 0 Å². The molecule has 20 heavy (non-hydrogen) atoms. The summed E-state index contributed by atoms with van der Waals surface area (Å²) in [5.41, 5.74) is 6.78. The van der Waals surface area contributed by atoms with Crippen molar-refractivity contribution in [3.05, 3.63) is 23.8 Å². The molecule has 0 saturated heterocycles. The van der Waals surface area contributed by atoms with Crippen LogP contribution in [0.2, 0.25) is 0 Å². The van der Waals surface area contributed by atoms with Crippen LogP contribution in [0.25, 0.3) is 0 Å². The first-order chi connectivity index (χ1) is 9.58. The lowest BCUT2D eigenvalue weighted by atomic mass is 10.1. The maximum absolute atomic E-state index is 11.7. The fraction of sp³-hybridized carbons (Fsp3) is 0.467. The number of Topliss-reactive ketones (excluding diaryl/α,β-unsaturated/α-hetero) is 1. The molecule has 0 aromatic heterocycles. The smallest absolute Gasteiger partial charge is 0.257 e. The molecule has 0 fully saturated rings. The lowest BCUT2D eigenvalue weighted by molar-refractivity contribution is -0.123. The Morgan fingerprint density at radius 1 is 1.25 bits per heavy atom. The summed E-state index contributed by atoms with van der Waals surface area (Å²) in [6, 6.07) is 4.90. The van der Waals surface area contributed by atoms with E-state index in [0.717, 1.165) is 12.8 Å². The van der Waals surface area contributed by atoms with Gasteiger partial charge in [0.1, 0.15) is 5.75 Å². The summed E-state index contributed by atoms with van der Waals surface area (Å²) in [5, 5.41) is 2.71. The van der Waals surface area contributed by atoms with E-state index in [1.54, 1.807) is 18.2 Å². The van der Waals surface area contributed by atoms with Gasteiger partial charge in [0.15, 0.2) is 12.4 Å². The molecule has 3 N–H and O–H groups in total. The van der Waals surface area contributed by atoms with Crippen LogP contribution in [0.1, 0.15) is 43.5 Å². The minimum atomic E-state index is -0.183. The molecular formula is C15H22N2O3. The molecule has 0 heterocycles. The van der Waals surface area contributed by atoms with Crippen LogP contribution >= 0.6 is 0 Å². The largest absolute Gasteiger partial charge is 0.482 e. The lowest BCUT2D eigenvalue weighted by Gasteiger charge is -2.10. The van der Waals surface area contributed by atoms with Gasteiger partial charge in [-0.1, -0.05) is 13.8 Å². The maximum Gasteiger partial charge on any atom is 0.257 e. The van der Waals surface area contributed by atoms with Crippen molar-refractivity contribution in [2.75, 3.05) is 18.9 Å². The van der Waals surface area contributed by atoms with Gasteiger partial charge in [-0.05, 0) is 31.0 Å². The Hall–Kier alpha value is -2.04. The molecular weight excluding hydrogens is 256 g/mol. The quantitative estimate of drug-likeness (QED) is 0.564. The minimum Gasteiger partial charge on any atom is -0.482 e. The monoisotopic (exact) mass is 278 g/mol. The van der Waals surface area contributed by atoms with Gasteiger partial charge in [-0.15, -0.1) is 0 Å². The molecule has 0 aliphatic rings. The second-order valence-electron chi connectivity index (χ2n) is 4.56. The zero-order valence-electron chi connectivity index (χ0n) is 12.1. The molecule has 110 valence electrons. The number of ketones is 1. The summed E-state index contributed by atoms with van der Waals surface area (Å²) in [7, 11) is 0. The molecule has 5 nitrogen and oxygen atoms in total. The second kappa shape index (κ2) is 8.19. The average molecular weight is 278 g/mol. The number of benzene rings is 1. The van der Waals surface area contributed by atoms with Gasteiger partial charge in [-0.25, -0.2) is 0 Å². The summed E-state index contributed by atoms with van der Waals surface area (Å²) in [6.45, 7) is 4.48. The van der Waals surface area contributed by atoms with E-state index in [9.17, 15) is 9.59 Å². The molecule has 0 atom stereocenters. The number of nitrogen functional groups attached to an aromatic ring is 1. The van der Waals surface area contributed by atoms with Crippen LogP contribution in [0.5, 0.6) is 5.75 Å². The molecule has 0 radical (unpaired) electrons. The van der Waals surface area contributed by atoms with Gasteiger partial charge in [-0.2, -0.15) is 0 Å². The SMILES string of the molecule is CCCNC(=O)COc1ccc(C(=O)CCC)cc1N. The molecule has 0 saturated carbocycles. The van der Waals surface area contributed by atoms with E-state index in [4.69, 9.17) is 10.5 Å². The highest BCUT2D eigenvalue weighted by atomic mass is 16.5. The summed E-state index contributed by atoms with van der Waals surface area (Å²) in [4.78, 5) is 23.1. The van der Waals surface area contributed by atoms with E-state index in [1.807, 2.05) is 13.8 Å². The maximum atomic E-state index is 11.7. The van der Waals surface area contributed by atoms with Gasteiger partial charge in [-0.3, -0.25) is 9.59 Å². The first kappa shape index (κ1) is 16.0. The first-order valence-corrected chi connectivity index (χ1v) is 6.90. The van der Waals surface area contributed by atoms with Crippen molar-refractivity contribution in [2.24, 2.45) is 0 Å². The third kappa shape index (κ3) is 4.91. The van der Waals surface area contributed by atoms with Gasteiger partial charge in [0.25, 0.3) is 5.91 Å². The lowest BCUT2D eigenvalue weighted by Crippen LogP contribution is -2.29. The zero-order chi connectivity index (χ0) is 15.0. The van der Waals surface area contributed by atoms with Crippen molar-refractivity contribution in [3.8, 4) is 5.75 Å². The molecule has 1 rings (SSSR count). The van der Waals surface area contributed by atoms with Crippen molar-refractivity contribution in [1.82, 2.24) is 5.32 Å². The van der Waals surface area contributed by atoms with Crippen LogP contribution in [0.15, 0.2) is 18.2 Å². The number of hydrogen-bond acceptors (Lipinski definition) is 4. The van der Waals surface area contributed by atoms with Gasteiger partial charge in [0.05, 0.1) is 5.69 Å². The molecule has 0 aliphatic carbocycles. The number of carbonyl (C=O) groups is 2. The van der Waals surface area contributed by atoms with E-state index < -0.39 is 0 Å². The van der Waals surface area contributed by atoms with E-state index in [2.05, 4.69) is 5.32 Å². The topological polar surface area (TPSA) is 81.4 Å². The fourth-order valence-electron chi connectivity index (χ4n) is 1.68. The number of rotatable bonds is 8. The first-order valence-electron chi connectivity index (χ1n) is 6.90. The van der Waals surface area contributed by atoms with Crippen LogP contribution in [-0.2, 0) is 4.79 Å². The molecule has 0 unspecified atom stereocenters. The van der Waals surface area contributed by atoms with Gasteiger partial charge >= 0.3 is 0 Å². The predicted octanol–water partition coefficient (Wildman–Crippen LogP) is 2.16. The molecule has 0 aliphatic heterocycles. The van der Waals surface area contributed by atoms with Gasteiger partial charge in [0, 0.05) is 18.5 Å². The van der Waals surface area contributed by atoms with Crippen LogP contribution < -0.4 is 15.8 Å². The van der Waals surface area contributed by atoms with E-state index >= 15 is 0 Å². The molecule has 5 heteroatoms. The number of hydrogen-bond donors (Lipinski definition) is 2. The van der Waals surface area contributed by atoms with Crippen molar-refractivity contribution >= 4 is 17.4 Å². The van der Waals surface area contributed by atoms with Crippen molar-refractivity contribution in [1.29, 1.82) is 0 Å². The second-order valence-corrected chi connectivity index (χ2v) is 4.56. The number of nitrogens with one attached hydrogen (secondary N) is 1. The number of anilines is 1. The van der Waals surface area contributed by atoms with Crippen LogP contribution in [0, 0.1) is 0 Å². The molecule has 1 aromatic rings. The van der Waals surface area contributed by atoms with Crippen molar-refractivity contribution < 1.29 is 14.3 Å². The Balaban J connectivity index is 2.60. The normalized spacial score (nSPS) is 10.1. The summed E-state index contributed by atoms with van der Waals surface area (Å²) in [6.07, 6.45) is 2.18. The highest BCUT2D eigenvalue weighted by Gasteiger charge is 2.09. The Morgan fingerprint density at radius 2 is 2.00 bits per heavy atom. The molecule has 0 spiro atoms. The highest BCUT2D eigenvalue weighted by molar-refractivity contribution is 5.97. The minimum absolute atomic E-state index is 0.0615. The summed E-state index contributed by atoms with van der Waals surface area (Å²) < 4.78 is 5.34. The predicted molar refractivity (Wildman–Crippen MR) is 78.9 cm³/mol. The summed E-state index contributed by atoms with van der Waals surface area (Å²) >= 11 is 0. The Labute approximate surface area is 119 Å². The molecule has 1 aromatic carbocycles. The van der Waals surface area contributed by atoms with E-state index in [-0.39, 0.29) is 18.3 Å². The van der Waals surface area contributed by atoms with E-state index in [1.165, 1.54) is 0 Å². The Bertz CT molecular complexity index is 472. The highest BCUT2D eigenvalue weighted by Crippen LogP contribution is 2.23. The van der Waals surface area contributed by atoms with E-state index in [0.29, 0.717) is 30.0 Å². The Morgan fingerprint density at radius 3 is 2.60 bits per heavy atom. The van der Waals surface area contributed by atoms with Crippen LogP contribution in [0.4, 0.5) is 5.69 Å². The van der Waals surface area contributed by atoms with Crippen LogP contribution in [-0.4, -0.2) is 24.8 Å². The fourth-order valence-corrected chi connectivity index (χ4v) is 1.68. The third-order valence-corrected chi connectivity index (χ3v) is 2.74. The zero-order valence-corrected chi connectivity index (χ0v) is 12.1. The number of carbonyl (C=O) groups excluding carboxylic acids is 2. The number of ether oxygens (including phenoxy) is 1. The van der Waals surface area contributed by atoms with Crippen LogP contribution in [0.3, 0.4) is 0 Å². The van der Waals surface area contributed by atoms with Gasteiger partial charge in [0.2, 0.25) is 0 Å². The van der Waals surface area contributed by atoms with Gasteiger partial charge < -0.3 is 15.8 Å². The average Bonchev–Trinajstić information content (AvgIpc) is 2.43. The standard InChI is InChI=1S/C15H22N2O3/c1-3-5-13(18)11-6-7-14(12(16)9-11)20-10-15(19)17-8-4-2/h6-7,9H,3-5,8,10,16H2,1-2H3,(H,17,19). The molecule has 1 amide bonds. The number of amides is 1. The van der Waals surface area contributed by atoms with Crippen molar-refractivity contribution in [2.45, 2.75) is 33.1 Å². The number of nitrogens with two attached hydrogens (primary N) is 1. The summed E-state index contributed by atoms with van der Waals surface area (Å²) in [5.74, 6) is 0.300. The Kier molecular flexibility index (Phi) is 6.56.